The highest BCUT2D eigenvalue weighted by Crippen LogP contribution is 2.52. The van der Waals surface area contributed by atoms with E-state index in [2.05, 4.69) is 24.3 Å². The largest absolute Gasteiger partial charge is 0.491 e. The molecule has 1 aliphatic heterocycles. The van der Waals surface area contributed by atoms with Crippen molar-refractivity contribution in [3.8, 4) is 5.75 Å². The van der Waals surface area contributed by atoms with E-state index in [1.165, 1.54) is 0 Å². The fourth-order valence-electron chi connectivity index (χ4n) is 6.19. The minimum atomic E-state index is -0.407. The first-order chi connectivity index (χ1) is 18.5. The van der Waals surface area contributed by atoms with Gasteiger partial charge in [0, 0.05) is 42.7 Å². The second-order valence-corrected chi connectivity index (χ2v) is 10.8. The van der Waals surface area contributed by atoms with Gasteiger partial charge in [-0.25, -0.2) is 0 Å². The predicted molar refractivity (Wildman–Crippen MR) is 147 cm³/mol. The first kappa shape index (κ1) is 24.4. The molecule has 6 rings (SSSR count). The first-order valence-corrected chi connectivity index (χ1v) is 13.5. The summed E-state index contributed by atoms with van der Waals surface area (Å²) >= 11 is 0. The SMILES string of the molecule is CC(C)Oc1ccc(C2C3=C(C[C@@H](c4ccccc4)CC3=O)OC3=C2C(=O)C[C@H](c2ccccc2)C3)cc1. The maximum atomic E-state index is 13.8. The Kier molecular flexibility index (Phi) is 6.49. The molecule has 0 saturated carbocycles. The third-order valence-electron chi connectivity index (χ3n) is 7.88. The van der Waals surface area contributed by atoms with Gasteiger partial charge >= 0.3 is 0 Å². The van der Waals surface area contributed by atoms with Crippen molar-refractivity contribution in [2.45, 2.75) is 63.4 Å². The zero-order chi connectivity index (χ0) is 26.2. The van der Waals surface area contributed by atoms with E-state index in [1.807, 2.05) is 74.5 Å². The molecule has 1 heterocycles. The molecule has 2 atom stereocenters. The number of rotatable bonds is 5. The van der Waals surface area contributed by atoms with Gasteiger partial charge in [-0.1, -0.05) is 72.8 Å². The maximum absolute atomic E-state index is 13.8. The predicted octanol–water partition coefficient (Wildman–Crippen LogP) is 7.39. The van der Waals surface area contributed by atoms with Crippen molar-refractivity contribution in [2.24, 2.45) is 0 Å². The van der Waals surface area contributed by atoms with Crippen LogP contribution >= 0.6 is 0 Å². The summed E-state index contributed by atoms with van der Waals surface area (Å²) in [5.41, 5.74) is 4.52. The van der Waals surface area contributed by atoms with Crippen LogP contribution in [0.25, 0.3) is 0 Å². The number of carbonyl (C=O) groups is 2. The van der Waals surface area contributed by atoms with Crippen LogP contribution in [0.15, 0.2) is 108 Å². The second-order valence-electron chi connectivity index (χ2n) is 10.8. The van der Waals surface area contributed by atoms with Crippen molar-refractivity contribution in [2.75, 3.05) is 0 Å². The van der Waals surface area contributed by atoms with Gasteiger partial charge in [0.05, 0.1) is 6.10 Å². The third-order valence-corrected chi connectivity index (χ3v) is 7.88. The standard InChI is InChI=1S/C34H32O4/c1-21(2)37-27-15-13-24(14-16-27)32-33-28(35)17-25(22-9-5-3-6-10-22)19-30(33)38-31-20-26(18-29(36)34(31)32)23-11-7-4-8-12-23/h3-16,21,25-26,32H,17-20H2,1-2H3/t25-,26-/m0/s1. The van der Waals surface area contributed by atoms with E-state index in [-0.39, 0.29) is 29.5 Å². The van der Waals surface area contributed by atoms with Gasteiger partial charge in [-0.3, -0.25) is 9.59 Å². The Morgan fingerprint density at radius 1 is 0.632 bits per heavy atom. The summed E-state index contributed by atoms with van der Waals surface area (Å²) < 4.78 is 12.4. The molecule has 0 unspecified atom stereocenters. The molecule has 0 amide bonds. The van der Waals surface area contributed by atoms with Gasteiger partial charge in [-0.2, -0.15) is 0 Å². The van der Waals surface area contributed by atoms with Crippen molar-refractivity contribution >= 4 is 11.6 Å². The van der Waals surface area contributed by atoms with Gasteiger partial charge in [-0.05, 0) is 54.5 Å². The van der Waals surface area contributed by atoms with E-state index in [0.717, 1.165) is 34.0 Å². The van der Waals surface area contributed by atoms with Crippen LogP contribution < -0.4 is 4.74 Å². The zero-order valence-electron chi connectivity index (χ0n) is 21.9. The molecule has 2 aliphatic carbocycles. The average Bonchev–Trinajstić information content (AvgIpc) is 2.93. The molecule has 38 heavy (non-hydrogen) atoms. The summed E-state index contributed by atoms with van der Waals surface area (Å²) in [6.07, 6.45) is 2.20. The number of benzene rings is 3. The monoisotopic (exact) mass is 504 g/mol. The van der Waals surface area contributed by atoms with E-state index in [0.29, 0.717) is 36.8 Å². The molecule has 0 bridgehead atoms. The minimum absolute atomic E-state index is 0.0660. The third kappa shape index (κ3) is 4.60. The molecule has 3 aromatic carbocycles. The molecular formula is C34H32O4. The maximum Gasteiger partial charge on any atom is 0.163 e. The highest BCUT2D eigenvalue weighted by atomic mass is 16.5. The summed E-state index contributed by atoms with van der Waals surface area (Å²) in [5.74, 6) is 2.08. The van der Waals surface area contributed by atoms with Gasteiger partial charge in [0.1, 0.15) is 17.3 Å². The number of ether oxygens (including phenoxy) is 2. The molecule has 3 aliphatic rings. The van der Waals surface area contributed by atoms with Crippen LogP contribution in [-0.2, 0) is 14.3 Å². The molecule has 192 valence electrons. The van der Waals surface area contributed by atoms with E-state index in [1.54, 1.807) is 0 Å². The van der Waals surface area contributed by atoms with Gasteiger partial charge < -0.3 is 9.47 Å². The molecule has 0 spiro atoms. The fourth-order valence-corrected chi connectivity index (χ4v) is 6.19. The van der Waals surface area contributed by atoms with Crippen molar-refractivity contribution < 1.29 is 19.1 Å². The Labute approximate surface area is 224 Å². The number of allylic oxidation sites excluding steroid dienone is 4. The Morgan fingerprint density at radius 2 is 1.11 bits per heavy atom. The van der Waals surface area contributed by atoms with Crippen molar-refractivity contribution in [1.82, 2.24) is 0 Å². The van der Waals surface area contributed by atoms with Gasteiger partial charge in [0.25, 0.3) is 0 Å². The molecule has 0 fully saturated rings. The van der Waals surface area contributed by atoms with Gasteiger partial charge in [0.2, 0.25) is 0 Å². The summed E-state index contributed by atoms with van der Waals surface area (Å²) in [6, 6.07) is 28.2. The van der Waals surface area contributed by atoms with Crippen LogP contribution in [0.2, 0.25) is 0 Å². The van der Waals surface area contributed by atoms with Crippen LogP contribution in [0.3, 0.4) is 0 Å². The topological polar surface area (TPSA) is 52.6 Å². The lowest BCUT2D eigenvalue weighted by Gasteiger charge is -2.39. The number of Topliss-reactive ketones (excluding diaryl/α,β-unsaturated/α-hetero) is 2. The van der Waals surface area contributed by atoms with Crippen LogP contribution in [-0.4, -0.2) is 17.7 Å². The highest BCUT2D eigenvalue weighted by Gasteiger charge is 2.45. The van der Waals surface area contributed by atoms with Crippen LogP contribution in [0, 0.1) is 0 Å². The molecule has 0 radical (unpaired) electrons. The Morgan fingerprint density at radius 3 is 1.55 bits per heavy atom. The molecule has 0 aromatic heterocycles. The number of carbonyl (C=O) groups excluding carboxylic acids is 2. The highest BCUT2D eigenvalue weighted by molar-refractivity contribution is 6.06. The van der Waals surface area contributed by atoms with Crippen LogP contribution in [0.5, 0.6) is 5.75 Å². The van der Waals surface area contributed by atoms with Crippen molar-refractivity contribution in [1.29, 1.82) is 0 Å². The normalized spacial score (nSPS) is 21.8. The second kappa shape index (κ2) is 10.1. The van der Waals surface area contributed by atoms with Crippen molar-refractivity contribution in [3.05, 3.63) is 124 Å². The van der Waals surface area contributed by atoms with E-state index < -0.39 is 5.92 Å². The molecule has 0 N–H and O–H groups in total. The Hall–Kier alpha value is -3.92. The summed E-state index contributed by atoms with van der Waals surface area (Å²) in [6.45, 7) is 3.99. The summed E-state index contributed by atoms with van der Waals surface area (Å²) in [7, 11) is 0. The number of hydrogen-bond acceptors (Lipinski definition) is 4. The molecule has 0 saturated heterocycles. The first-order valence-electron chi connectivity index (χ1n) is 13.5. The lowest BCUT2D eigenvalue weighted by atomic mass is 9.69. The van der Waals surface area contributed by atoms with Gasteiger partial charge in [-0.15, -0.1) is 0 Å². The van der Waals surface area contributed by atoms with Crippen LogP contribution in [0.1, 0.15) is 74.0 Å². The van der Waals surface area contributed by atoms with E-state index in [4.69, 9.17) is 9.47 Å². The van der Waals surface area contributed by atoms with Gasteiger partial charge in [0.15, 0.2) is 11.6 Å². The molecule has 4 nitrogen and oxygen atoms in total. The number of ketones is 2. The molecule has 3 aromatic rings. The fraction of sp³-hybridized carbons (Fsp3) is 0.294. The summed E-state index contributed by atoms with van der Waals surface area (Å²) in [5, 5.41) is 0. The minimum Gasteiger partial charge on any atom is -0.491 e. The van der Waals surface area contributed by atoms with E-state index >= 15 is 0 Å². The summed E-state index contributed by atoms with van der Waals surface area (Å²) in [4.78, 5) is 27.6. The number of hydrogen-bond donors (Lipinski definition) is 0. The molecular weight excluding hydrogens is 472 g/mol. The quantitative estimate of drug-likeness (QED) is 0.364. The lowest BCUT2D eigenvalue weighted by molar-refractivity contribution is -0.118. The Bertz CT molecular complexity index is 1330. The Balaban J connectivity index is 1.42. The lowest BCUT2D eigenvalue weighted by Crippen LogP contribution is -2.33. The zero-order valence-corrected chi connectivity index (χ0v) is 21.9. The smallest absolute Gasteiger partial charge is 0.163 e. The van der Waals surface area contributed by atoms with Crippen molar-refractivity contribution in [3.63, 3.8) is 0 Å². The van der Waals surface area contributed by atoms with E-state index in [9.17, 15) is 9.59 Å². The van der Waals surface area contributed by atoms with Crippen LogP contribution in [0.4, 0.5) is 0 Å². The molecule has 4 heteroatoms. The average molecular weight is 505 g/mol.